The SMILES string of the molecule is CCOC(=O)c1ccn(-c2cccc(NC(=O)N3CCC[C@H](CNS(C)(=O)=O)C3)c2)n1. The minimum absolute atomic E-state index is 0.0749. The largest absolute Gasteiger partial charge is 0.461 e. The zero-order chi connectivity index (χ0) is 22.4. The van der Waals surface area contributed by atoms with Crippen molar-refractivity contribution >= 4 is 27.7 Å². The number of anilines is 1. The molecule has 2 heterocycles. The standard InChI is InChI=1S/C20H27N5O5S/c1-3-30-19(26)18-9-11-25(23-18)17-8-4-7-16(12-17)22-20(27)24-10-5-6-15(14-24)13-21-31(2,28)29/h4,7-9,11-12,15,21H,3,5-6,10,13-14H2,1-2H3,(H,22,27)/t15-/m1/s1. The monoisotopic (exact) mass is 449 g/mol. The van der Waals surface area contributed by atoms with Crippen molar-refractivity contribution in [2.75, 3.05) is 37.8 Å². The molecule has 2 N–H and O–H groups in total. The van der Waals surface area contributed by atoms with Gasteiger partial charge in [0.2, 0.25) is 10.0 Å². The number of piperidine rings is 1. The third kappa shape index (κ3) is 6.53. The molecule has 0 radical (unpaired) electrons. The maximum Gasteiger partial charge on any atom is 0.358 e. The zero-order valence-corrected chi connectivity index (χ0v) is 18.4. The van der Waals surface area contributed by atoms with E-state index in [0.29, 0.717) is 31.0 Å². The van der Waals surface area contributed by atoms with Crippen LogP contribution in [-0.2, 0) is 14.8 Å². The van der Waals surface area contributed by atoms with Gasteiger partial charge in [-0.25, -0.2) is 27.4 Å². The first-order valence-corrected chi connectivity index (χ1v) is 12.0. The highest BCUT2D eigenvalue weighted by Gasteiger charge is 2.24. The van der Waals surface area contributed by atoms with E-state index in [1.165, 1.54) is 4.68 Å². The molecule has 0 unspecified atom stereocenters. The second-order valence-electron chi connectivity index (χ2n) is 7.42. The zero-order valence-electron chi connectivity index (χ0n) is 17.6. The van der Waals surface area contributed by atoms with Gasteiger partial charge in [0.05, 0.1) is 18.6 Å². The normalized spacial score (nSPS) is 16.7. The molecule has 0 saturated carbocycles. The summed E-state index contributed by atoms with van der Waals surface area (Å²) in [5.41, 5.74) is 1.48. The van der Waals surface area contributed by atoms with E-state index < -0.39 is 16.0 Å². The quantitative estimate of drug-likeness (QED) is 0.622. The third-order valence-electron chi connectivity index (χ3n) is 4.88. The van der Waals surface area contributed by atoms with Gasteiger partial charge in [-0.1, -0.05) is 6.07 Å². The van der Waals surface area contributed by atoms with Crippen LogP contribution in [0.4, 0.5) is 10.5 Å². The van der Waals surface area contributed by atoms with Gasteiger partial charge in [0, 0.05) is 31.5 Å². The van der Waals surface area contributed by atoms with Gasteiger partial charge in [-0.2, -0.15) is 5.10 Å². The van der Waals surface area contributed by atoms with Crippen LogP contribution in [-0.4, -0.2) is 67.6 Å². The second-order valence-corrected chi connectivity index (χ2v) is 9.25. The fraction of sp³-hybridized carbons (Fsp3) is 0.450. The Kier molecular flexibility index (Phi) is 7.29. The summed E-state index contributed by atoms with van der Waals surface area (Å²) in [6.45, 7) is 3.42. The number of ether oxygens (including phenoxy) is 1. The van der Waals surface area contributed by atoms with Gasteiger partial charge in [-0.05, 0) is 49.9 Å². The summed E-state index contributed by atoms with van der Waals surface area (Å²) >= 11 is 0. The highest BCUT2D eigenvalue weighted by atomic mass is 32.2. The van der Waals surface area contributed by atoms with Crippen molar-refractivity contribution < 1.29 is 22.7 Å². The molecule has 0 aliphatic carbocycles. The van der Waals surface area contributed by atoms with Gasteiger partial charge in [0.1, 0.15) is 0 Å². The van der Waals surface area contributed by atoms with Crippen molar-refractivity contribution in [3.8, 4) is 5.69 Å². The Morgan fingerprint density at radius 2 is 2.10 bits per heavy atom. The molecule has 11 heteroatoms. The Balaban J connectivity index is 1.62. The van der Waals surface area contributed by atoms with E-state index in [2.05, 4.69) is 15.1 Å². The smallest absolute Gasteiger partial charge is 0.358 e. The molecule has 1 fully saturated rings. The molecule has 1 aromatic heterocycles. The average molecular weight is 450 g/mol. The molecule has 1 aliphatic heterocycles. The number of nitrogens with zero attached hydrogens (tertiary/aromatic N) is 3. The number of carbonyl (C=O) groups is 2. The predicted molar refractivity (Wildman–Crippen MR) is 116 cm³/mol. The van der Waals surface area contributed by atoms with Crippen molar-refractivity contribution in [3.05, 3.63) is 42.2 Å². The lowest BCUT2D eigenvalue weighted by molar-refractivity contribution is 0.0519. The first kappa shape index (κ1) is 22.8. The molecule has 1 saturated heterocycles. The number of likely N-dealkylation sites (tertiary alicyclic amines) is 1. The molecular weight excluding hydrogens is 422 g/mol. The van der Waals surface area contributed by atoms with Crippen LogP contribution in [0.25, 0.3) is 5.69 Å². The molecule has 1 aliphatic rings. The number of hydrogen-bond acceptors (Lipinski definition) is 6. The van der Waals surface area contributed by atoms with E-state index in [1.807, 2.05) is 6.07 Å². The number of aromatic nitrogens is 2. The maximum absolute atomic E-state index is 12.7. The Labute approximate surface area is 181 Å². The summed E-state index contributed by atoms with van der Waals surface area (Å²) < 4.78 is 31.6. The molecule has 2 amide bonds. The van der Waals surface area contributed by atoms with Crippen molar-refractivity contribution in [2.45, 2.75) is 19.8 Å². The van der Waals surface area contributed by atoms with Gasteiger partial charge in [0.15, 0.2) is 5.69 Å². The highest BCUT2D eigenvalue weighted by molar-refractivity contribution is 7.88. The fourth-order valence-corrected chi connectivity index (χ4v) is 3.93. The Morgan fingerprint density at radius 3 is 2.84 bits per heavy atom. The number of benzene rings is 1. The molecule has 2 aromatic rings. The van der Waals surface area contributed by atoms with E-state index in [1.54, 1.807) is 42.3 Å². The predicted octanol–water partition coefficient (Wildman–Crippen LogP) is 1.84. The van der Waals surface area contributed by atoms with Gasteiger partial charge in [-0.15, -0.1) is 0 Å². The van der Waals surface area contributed by atoms with Crippen LogP contribution in [0.1, 0.15) is 30.3 Å². The van der Waals surface area contributed by atoms with Crippen molar-refractivity contribution in [1.29, 1.82) is 0 Å². The van der Waals surface area contributed by atoms with Crippen LogP contribution in [0.15, 0.2) is 36.5 Å². The minimum atomic E-state index is -3.25. The van der Waals surface area contributed by atoms with Crippen molar-refractivity contribution in [2.24, 2.45) is 5.92 Å². The second kappa shape index (κ2) is 9.92. The van der Waals surface area contributed by atoms with Crippen LogP contribution in [0.5, 0.6) is 0 Å². The number of carbonyl (C=O) groups excluding carboxylic acids is 2. The first-order chi connectivity index (χ1) is 14.7. The molecular formula is C20H27N5O5S. The number of rotatable bonds is 7. The van der Waals surface area contributed by atoms with Gasteiger partial charge < -0.3 is 15.0 Å². The summed E-state index contributed by atoms with van der Waals surface area (Å²) in [5.74, 6) is -0.415. The molecule has 168 valence electrons. The highest BCUT2D eigenvalue weighted by Crippen LogP contribution is 2.19. The van der Waals surface area contributed by atoms with Crippen LogP contribution in [0.3, 0.4) is 0 Å². The lowest BCUT2D eigenvalue weighted by atomic mass is 9.99. The van der Waals surface area contributed by atoms with Gasteiger partial charge in [-0.3, -0.25) is 0 Å². The Bertz CT molecular complexity index is 1040. The summed E-state index contributed by atoms with van der Waals surface area (Å²) in [6.07, 6.45) is 4.46. The third-order valence-corrected chi connectivity index (χ3v) is 5.57. The lowest BCUT2D eigenvalue weighted by Gasteiger charge is -2.32. The Hall–Kier alpha value is -2.92. The summed E-state index contributed by atoms with van der Waals surface area (Å²) in [7, 11) is -3.25. The number of nitrogens with one attached hydrogen (secondary N) is 2. The van der Waals surface area contributed by atoms with Crippen molar-refractivity contribution in [1.82, 2.24) is 19.4 Å². The van der Waals surface area contributed by atoms with E-state index in [0.717, 1.165) is 19.1 Å². The molecule has 1 atom stereocenters. The summed E-state index contributed by atoms with van der Waals surface area (Å²) in [6, 6.07) is 8.45. The molecule has 1 aromatic carbocycles. The number of amides is 2. The molecule has 10 nitrogen and oxygen atoms in total. The maximum atomic E-state index is 12.7. The van der Waals surface area contributed by atoms with Crippen molar-refractivity contribution in [3.63, 3.8) is 0 Å². The van der Waals surface area contributed by atoms with Gasteiger partial charge >= 0.3 is 12.0 Å². The summed E-state index contributed by atoms with van der Waals surface area (Å²) in [4.78, 5) is 26.2. The molecule has 0 spiro atoms. The Morgan fingerprint density at radius 1 is 1.29 bits per heavy atom. The average Bonchev–Trinajstić information content (AvgIpc) is 3.23. The number of esters is 1. The van der Waals surface area contributed by atoms with E-state index in [9.17, 15) is 18.0 Å². The lowest BCUT2D eigenvalue weighted by Crippen LogP contribution is -2.45. The van der Waals surface area contributed by atoms with Crippen LogP contribution in [0, 0.1) is 5.92 Å². The van der Waals surface area contributed by atoms with E-state index >= 15 is 0 Å². The number of sulfonamides is 1. The van der Waals surface area contributed by atoms with E-state index in [-0.39, 0.29) is 24.2 Å². The number of hydrogen-bond donors (Lipinski definition) is 2. The van der Waals surface area contributed by atoms with Gasteiger partial charge in [0.25, 0.3) is 0 Å². The first-order valence-electron chi connectivity index (χ1n) is 10.1. The van der Waals surface area contributed by atoms with Crippen LogP contribution >= 0.6 is 0 Å². The fourth-order valence-electron chi connectivity index (χ4n) is 3.40. The topological polar surface area (TPSA) is 123 Å². The molecule has 0 bridgehead atoms. The minimum Gasteiger partial charge on any atom is -0.461 e. The number of urea groups is 1. The summed E-state index contributed by atoms with van der Waals surface area (Å²) in [5, 5.41) is 7.10. The molecule has 31 heavy (non-hydrogen) atoms. The van der Waals surface area contributed by atoms with Crippen LogP contribution in [0.2, 0.25) is 0 Å². The molecule has 3 rings (SSSR count). The van der Waals surface area contributed by atoms with Crippen LogP contribution < -0.4 is 10.0 Å². The van der Waals surface area contributed by atoms with E-state index in [4.69, 9.17) is 4.74 Å².